The van der Waals surface area contributed by atoms with E-state index in [1.165, 1.54) is 17.3 Å². The van der Waals surface area contributed by atoms with Crippen LogP contribution in [0.15, 0.2) is 42.6 Å². The largest absolute Gasteiger partial charge is 0.384 e. The third-order valence-corrected chi connectivity index (χ3v) is 5.90. The van der Waals surface area contributed by atoms with Gasteiger partial charge in [-0.3, -0.25) is 9.59 Å². The molecule has 0 unspecified atom stereocenters. The smallest absolute Gasteiger partial charge is 0.255 e. The van der Waals surface area contributed by atoms with Crippen LogP contribution in [0.1, 0.15) is 34.5 Å². The first-order valence-electron chi connectivity index (χ1n) is 9.29. The zero-order valence-electron chi connectivity index (χ0n) is 15.6. The second-order valence-corrected chi connectivity index (χ2v) is 7.58. The number of anilines is 1. The number of aromatic nitrogens is 1. The van der Waals surface area contributed by atoms with Crippen LogP contribution in [-0.4, -0.2) is 46.2 Å². The van der Waals surface area contributed by atoms with E-state index in [9.17, 15) is 9.59 Å². The molecule has 6 heteroatoms. The third kappa shape index (κ3) is 3.05. The topological polar surface area (TPSA) is 79.5 Å². The molecule has 1 aromatic carbocycles. The highest BCUT2D eigenvalue weighted by atomic mass is 16.2. The first kappa shape index (κ1) is 17.5. The van der Waals surface area contributed by atoms with Crippen molar-refractivity contribution in [2.75, 3.05) is 25.4 Å². The Morgan fingerprint density at radius 2 is 1.89 bits per heavy atom. The molecule has 0 radical (unpaired) electrons. The summed E-state index contributed by atoms with van der Waals surface area (Å²) in [5.41, 5.74) is 8.54. The van der Waals surface area contributed by atoms with E-state index in [1.807, 2.05) is 21.9 Å². The quantitative estimate of drug-likeness (QED) is 0.886. The predicted molar refractivity (Wildman–Crippen MR) is 103 cm³/mol. The second kappa shape index (κ2) is 6.68. The van der Waals surface area contributed by atoms with Gasteiger partial charge in [-0.25, -0.2) is 4.98 Å². The van der Waals surface area contributed by atoms with Gasteiger partial charge in [0.05, 0.1) is 11.6 Å². The third-order valence-electron chi connectivity index (χ3n) is 5.90. The van der Waals surface area contributed by atoms with Gasteiger partial charge in [0.1, 0.15) is 5.82 Å². The average molecular weight is 364 g/mol. The molecule has 0 saturated carbocycles. The first-order valence-corrected chi connectivity index (χ1v) is 9.29. The lowest BCUT2D eigenvalue weighted by Gasteiger charge is -2.30. The van der Waals surface area contributed by atoms with Crippen molar-refractivity contribution < 1.29 is 9.59 Å². The maximum absolute atomic E-state index is 12.9. The van der Waals surface area contributed by atoms with Gasteiger partial charge >= 0.3 is 0 Å². The number of hydrogen-bond donors (Lipinski definition) is 1. The maximum atomic E-state index is 12.9. The van der Waals surface area contributed by atoms with Crippen molar-refractivity contribution in [3.63, 3.8) is 0 Å². The summed E-state index contributed by atoms with van der Waals surface area (Å²) in [5, 5.41) is 0. The number of rotatable bonds is 2. The molecule has 27 heavy (non-hydrogen) atoms. The number of benzene rings is 1. The fraction of sp³-hybridized carbons (Fsp3) is 0.381. The van der Waals surface area contributed by atoms with E-state index in [4.69, 9.17) is 5.73 Å². The summed E-state index contributed by atoms with van der Waals surface area (Å²) in [6, 6.07) is 11.6. The van der Waals surface area contributed by atoms with Gasteiger partial charge in [0.25, 0.3) is 5.91 Å². The molecule has 3 atom stereocenters. The Bertz CT molecular complexity index is 880. The molecular formula is C21H24N4O2. The molecule has 2 aromatic rings. The van der Waals surface area contributed by atoms with Crippen LogP contribution in [0.3, 0.4) is 0 Å². The van der Waals surface area contributed by atoms with Crippen LogP contribution in [0, 0.1) is 18.8 Å². The highest BCUT2D eigenvalue weighted by molar-refractivity contribution is 5.94. The number of aryl methyl sites for hydroxylation is 1. The number of amides is 2. The van der Waals surface area contributed by atoms with Gasteiger partial charge in [0, 0.05) is 44.6 Å². The molecular weight excluding hydrogens is 340 g/mol. The SMILES string of the molecule is CC(=O)N1C[C@H]2CN(C(=O)c3ccc(N)nc3)C[C@H]2[C@@H]1c1ccccc1C. The van der Waals surface area contributed by atoms with Crippen molar-refractivity contribution in [1.82, 2.24) is 14.8 Å². The first-order chi connectivity index (χ1) is 13.0. The Kier molecular flexibility index (Phi) is 4.34. The van der Waals surface area contributed by atoms with Crippen molar-refractivity contribution in [2.45, 2.75) is 19.9 Å². The zero-order valence-corrected chi connectivity index (χ0v) is 15.6. The fourth-order valence-corrected chi connectivity index (χ4v) is 4.57. The van der Waals surface area contributed by atoms with Gasteiger partial charge in [-0.05, 0) is 30.2 Å². The predicted octanol–water partition coefficient (Wildman–Crippen LogP) is 2.26. The van der Waals surface area contributed by atoms with Gasteiger partial charge < -0.3 is 15.5 Å². The molecule has 4 rings (SSSR count). The summed E-state index contributed by atoms with van der Waals surface area (Å²) in [7, 11) is 0. The number of pyridine rings is 1. The van der Waals surface area contributed by atoms with E-state index in [2.05, 4.69) is 24.0 Å². The van der Waals surface area contributed by atoms with Crippen molar-refractivity contribution in [2.24, 2.45) is 11.8 Å². The Morgan fingerprint density at radius 3 is 2.56 bits per heavy atom. The molecule has 0 spiro atoms. The zero-order chi connectivity index (χ0) is 19.1. The number of carbonyl (C=O) groups excluding carboxylic acids is 2. The van der Waals surface area contributed by atoms with Crippen LogP contribution >= 0.6 is 0 Å². The molecule has 2 N–H and O–H groups in total. The molecule has 6 nitrogen and oxygen atoms in total. The molecule has 140 valence electrons. The Morgan fingerprint density at radius 1 is 1.11 bits per heavy atom. The number of hydrogen-bond acceptors (Lipinski definition) is 4. The van der Waals surface area contributed by atoms with Crippen LogP contribution < -0.4 is 5.73 Å². The Balaban J connectivity index is 1.60. The number of nitrogen functional groups attached to an aromatic ring is 1. The summed E-state index contributed by atoms with van der Waals surface area (Å²) >= 11 is 0. The van der Waals surface area contributed by atoms with Crippen LogP contribution in [0.2, 0.25) is 0 Å². The van der Waals surface area contributed by atoms with E-state index in [0.29, 0.717) is 36.9 Å². The number of likely N-dealkylation sites (tertiary alicyclic amines) is 2. The molecule has 2 saturated heterocycles. The lowest BCUT2D eigenvalue weighted by atomic mass is 9.87. The molecule has 2 fully saturated rings. The molecule has 2 amide bonds. The van der Waals surface area contributed by atoms with Crippen molar-refractivity contribution in [3.05, 3.63) is 59.3 Å². The van der Waals surface area contributed by atoms with Gasteiger partial charge in [0.2, 0.25) is 5.91 Å². The number of nitrogens with zero attached hydrogens (tertiary/aromatic N) is 3. The molecule has 0 aliphatic carbocycles. The molecule has 1 aromatic heterocycles. The minimum absolute atomic E-state index is 0.0187. The van der Waals surface area contributed by atoms with Crippen LogP contribution in [0.25, 0.3) is 0 Å². The summed E-state index contributed by atoms with van der Waals surface area (Å²) in [6.07, 6.45) is 1.53. The van der Waals surface area contributed by atoms with Gasteiger partial charge in [0.15, 0.2) is 0 Å². The summed E-state index contributed by atoms with van der Waals surface area (Å²) in [4.78, 5) is 33.0. The minimum atomic E-state index is -0.0187. The van der Waals surface area contributed by atoms with E-state index in [1.54, 1.807) is 19.1 Å². The van der Waals surface area contributed by atoms with E-state index < -0.39 is 0 Å². The van der Waals surface area contributed by atoms with Crippen molar-refractivity contribution in [1.29, 1.82) is 0 Å². The fourth-order valence-electron chi connectivity index (χ4n) is 4.57. The maximum Gasteiger partial charge on any atom is 0.255 e. The van der Waals surface area contributed by atoms with E-state index >= 15 is 0 Å². The lowest BCUT2D eigenvalue weighted by molar-refractivity contribution is -0.130. The highest BCUT2D eigenvalue weighted by Gasteiger charge is 2.49. The monoisotopic (exact) mass is 364 g/mol. The highest BCUT2D eigenvalue weighted by Crippen LogP contribution is 2.46. The second-order valence-electron chi connectivity index (χ2n) is 7.58. The van der Waals surface area contributed by atoms with Crippen molar-refractivity contribution >= 4 is 17.6 Å². The van der Waals surface area contributed by atoms with Gasteiger partial charge in [-0.1, -0.05) is 24.3 Å². The number of nitrogens with two attached hydrogens (primary N) is 1. The Labute approximate surface area is 159 Å². The van der Waals surface area contributed by atoms with Crippen LogP contribution in [0.4, 0.5) is 5.82 Å². The molecule has 0 bridgehead atoms. The summed E-state index contributed by atoms with van der Waals surface area (Å²) in [5.74, 6) is 1.03. The minimum Gasteiger partial charge on any atom is -0.384 e. The van der Waals surface area contributed by atoms with Crippen LogP contribution in [0.5, 0.6) is 0 Å². The number of carbonyl (C=O) groups is 2. The molecule has 3 heterocycles. The summed E-state index contributed by atoms with van der Waals surface area (Å²) < 4.78 is 0. The molecule has 2 aliphatic rings. The normalized spacial score (nSPS) is 24.1. The average Bonchev–Trinajstić information content (AvgIpc) is 3.20. The standard InChI is InChI=1S/C21H24N4O2/c1-13-5-3-4-6-17(13)20-18-12-24(10-16(18)11-25(20)14(2)26)21(27)15-7-8-19(22)23-9-15/h3-9,16,18,20H,10-12H2,1-2H3,(H2,22,23)/t16-,18-,20+/m1/s1. The lowest BCUT2D eigenvalue weighted by Crippen LogP contribution is -2.36. The molecule has 2 aliphatic heterocycles. The van der Waals surface area contributed by atoms with Gasteiger partial charge in [-0.2, -0.15) is 0 Å². The Hall–Kier alpha value is -2.89. The number of fused-ring (bicyclic) bond motifs is 1. The van der Waals surface area contributed by atoms with Gasteiger partial charge in [-0.15, -0.1) is 0 Å². The van der Waals surface area contributed by atoms with E-state index in [-0.39, 0.29) is 23.8 Å². The van der Waals surface area contributed by atoms with Crippen LogP contribution in [-0.2, 0) is 4.79 Å². The summed E-state index contributed by atoms with van der Waals surface area (Å²) in [6.45, 7) is 5.73. The van der Waals surface area contributed by atoms with Crippen molar-refractivity contribution in [3.8, 4) is 0 Å². The van der Waals surface area contributed by atoms with E-state index in [0.717, 1.165) is 0 Å².